The lowest BCUT2D eigenvalue weighted by Gasteiger charge is -2.09. The van der Waals surface area contributed by atoms with Crippen LogP contribution in [-0.4, -0.2) is 41.6 Å². The van der Waals surface area contributed by atoms with E-state index in [0.717, 1.165) is 0 Å². The van der Waals surface area contributed by atoms with Gasteiger partial charge in [0, 0.05) is 20.6 Å². The Labute approximate surface area is 122 Å². The third kappa shape index (κ3) is 3.98. The summed E-state index contributed by atoms with van der Waals surface area (Å²) in [6.45, 7) is 0.538. The minimum Gasteiger partial charge on any atom is -0.368 e. The molecule has 1 aromatic carbocycles. The van der Waals surface area contributed by atoms with E-state index in [1.165, 1.54) is 11.0 Å². The molecule has 0 aliphatic heterocycles. The number of aromatic nitrogens is 2. The highest BCUT2D eigenvalue weighted by Gasteiger charge is 2.09. The molecule has 6 heteroatoms. The minimum atomic E-state index is -0.211. The van der Waals surface area contributed by atoms with Crippen LogP contribution >= 0.6 is 0 Å². The third-order valence-corrected chi connectivity index (χ3v) is 2.95. The van der Waals surface area contributed by atoms with Crippen molar-refractivity contribution < 1.29 is 9.18 Å². The number of nitrogens with one attached hydrogen (secondary N) is 1. The molecule has 1 amide bonds. The van der Waals surface area contributed by atoms with Gasteiger partial charge in [-0.3, -0.25) is 4.79 Å². The van der Waals surface area contributed by atoms with Gasteiger partial charge in [-0.15, -0.1) is 10.2 Å². The van der Waals surface area contributed by atoms with Crippen LogP contribution in [0.3, 0.4) is 0 Å². The molecule has 1 aromatic heterocycles. The minimum absolute atomic E-state index is 0.194. The average molecular weight is 288 g/mol. The summed E-state index contributed by atoms with van der Waals surface area (Å²) in [4.78, 5) is 13.1. The number of halogens is 1. The summed E-state index contributed by atoms with van der Waals surface area (Å²) in [7, 11) is 3.31. The average Bonchev–Trinajstić information content (AvgIpc) is 2.49. The van der Waals surface area contributed by atoms with Crippen molar-refractivity contribution >= 4 is 11.7 Å². The van der Waals surface area contributed by atoms with E-state index < -0.39 is 0 Å². The van der Waals surface area contributed by atoms with Crippen LogP contribution in [0.25, 0.3) is 0 Å². The molecule has 0 bridgehead atoms. The van der Waals surface area contributed by atoms with Crippen molar-refractivity contribution in [3.05, 3.63) is 53.5 Å². The van der Waals surface area contributed by atoms with Gasteiger partial charge in [-0.2, -0.15) is 0 Å². The van der Waals surface area contributed by atoms with Crippen LogP contribution < -0.4 is 5.32 Å². The van der Waals surface area contributed by atoms with E-state index in [-0.39, 0.29) is 11.7 Å². The van der Waals surface area contributed by atoms with Crippen molar-refractivity contribution in [3.8, 4) is 0 Å². The Balaban J connectivity index is 1.90. The smallest absolute Gasteiger partial charge is 0.273 e. The Morgan fingerprint density at radius 1 is 1.19 bits per heavy atom. The van der Waals surface area contributed by atoms with E-state index >= 15 is 0 Å². The molecule has 0 aliphatic rings. The summed E-state index contributed by atoms with van der Waals surface area (Å²) in [6, 6.07) is 9.96. The molecule has 21 heavy (non-hydrogen) atoms. The van der Waals surface area contributed by atoms with Crippen molar-refractivity contribution in [2.75, 3.05) is 26.0 Å². The molecule has 110 valence electrons. The second kappa shape index (κ2) is 6.78. The highest BCUT2D eigenvalue weighted by atomic mass is 19.1. The van der Waals surface area contributed by atoms with E-state index in [2.05, 4.69) is 15.5 Å². The van der Waals surface area contributed by atoms with Gasteiger partial charge in [0.1, 0.15) is 11.6 Å². The van der Waals surface area contributed by atoms with E-state index in [4.69, 9.17) is 0 Å². The zero-order chi connectivity index (χ0) is 15.2. The predicted octanol–water partition coefficient (Wildman–Crippen LogP) is 1.97. The number of benzene rings is 1. The van der Waals surface area contributed by atoms with Gasteiger partial charge < -0.3 is 10.2 Å². The first-order valence-electron chi connectivity index (χ1n) is 6.60. The quantitative estimate of drug-likeness (QED) is 0.914. The zero-order valence-corrected chi connectivity index (χ0v) is 12.0. The molecule has 0 fully saturated rings. The molecule has 0 aliphatic carbocycles. The van der Waals surface area contributed by atoms with Crippen LogP contribution in [0.1, 0.15) is 16.1 Å². The molecule has 0 unspecified atom stereocenters. The van der Waals surface area contributed by atoms with E-state index in [9.17, 15) is 9.18 Å². The number of rotatable bonds is 5. The largest absolute Gasteiger partial charge is 0.368 e. The first kappa shape index (κ1) is 14.9. The fourth-order valence-electron chi connectivity index (χ4n) is 1.80. The fraction of sp³-hybridized carbons (Fsp3) is 0.267. The van der Waals surface area contributed by atoms with E-state index in [1.54, 1.807) is 44.4 Å². The Morgan fingerprint density at radius 3 is 2.57 bits per heavy atom. The van der Waals surface area contributed by atoms with Crippen LogP contribution in [0, 0.1) is 5.82 Å². The maximum Gasteiger partial charge on any atom is 0.273 e. The normalized spacial score (nSPS) is 10.2. The number of carbonyl (C=O) groups excluding carboxylic acids is 1. The molecule has 2 aromatic rings. The van der Waals surface area contributed by atoms with Gasteiger partial charge >= 0.3 is 0 Å². The van der Waals surface area contributed by atoms with E-state index in [0.29, 0.717) is 30.0 Å². The van der Waals surface area contributed by atoms with Crippen molar-refractivity contribution in [3.63, 3.8) is 0 Å². The molecule has 1 heterocycles. The van der Waals surface area contributed by atoms with Crippen LogP contribution in [0.4, 0.5) is 10.2 Å². The summed E-state index contributed by atoms with van der Waals surface area (Å²) in [5.41, 5.74) is 0.942. The SMILES string of the molecule is CN(C)C(=O)c1ccc(NCCc2ccccc2F)nn1. The van der Waals surface area contributed by atoms with Gasteiger partial charge in [0.2, 0.25) is 0 Å². The van der Waals surface area contributed by atoms with Gasteiger partial charge in [-0.05, 0) is 30.2 Å². The summed E-state index contributed by atoms with van der Waals surface area (Å²) < 4.78 is 13.4. The van der Waals surface area contributed by atoms with Crippen LogP contribution in [-0.2, 0) is 6.42 Å². The van der Waals surface area contributed by atoms with Crippen molar-refractivity contribution in [1.82, 2.24) is 15.1 Å². The fourth-order valence-corrected chi connectivity index (χ4v) is 1.80. The first-order chi connectivity index (χ1) is 10.1. The monoisotopic (exact) mass is 288 g/mol. The number of amides is 1. The molecule has 0 saturated heterocycles. The first-order valence-corrected chi connectivity index (χ1v) is 6.60. The topological polar surface area (TPSA) is 58.1 Å². The summed E-state index contributed by atoms with van der Waals surface area (Å²) in [5.74, 6) is 0.152. The Hall–Kier alpha value is -2.50. The van der Waals surface area contributed by atoms with Crippen LogP contribution in [0.2, 0.25) is 0 Å². The molecule has 0 radical (unpaired) electrons. The van der Waals surface area contributed by atoms with Gasteiger partial charge in [-0.1, -0.05) is 18.2 Å². The lowest BCUT2D eigenvalue weighted by molar-refractivity contribution is 0.0821. The van der Waals surface area contributed by atoms with Crippen LogP contribution in [0.5, 0.6) is 0 Å². The number of hydrogen-bond acceptors (Lipinski definition) is 4. The molecule has 2 rings (SSSR count). The van der Waals surface area contributed by atoms with Crippen molar-refractivity contribution in [2.24, 2.45) is 0 Å². The molecule has 0 spiro atoms. The van der Waals surface area contributed by atoms with Crippen molar-refractivity contribution in [2.45, 2.75) is 6.42 Å². The van der Waals surface area contributed by atoms with Gasteiger partial charge in [0.05, 0.1) is 0 Å². The second-order valence-electron chi connectivity index (χ2n) is 4.77. The van der Waals surface area contributed by atoms with E-state index in [1.807, 2.05) is 0 Å². The lowest BCUT2D eigenvalue weighted by atomic mass is 10.1. The predicted molar refractivity (Wildman–Crippen MR) is 78.6 cm³/mol. The standard InChI is InChI=1S/C15H17FN4O/c1-20(2)15(21)13-7-8-14(19-18-13)17-10-9-11-5-3-4-6-12(11)16/h3-8H,9-10H2,1-2H3,(H,17,19). The zero-order valence-electron chi connectivity index (χ0n) is 12.0. The highest BCUT2D eigenvalue weighted by molar-refractivity contribution is 5.91. The molecule has 5 nitrogen and oxygen atoms in total. The molecule has 1 N–H and O–H groups in total. The molecule has 0 saturated carbocycles. The summed E-state index contributed by atoms with van der Waals surface area (Å²) in [6.07, 6.45) is 0.548. The lowest BCUT2D eigenvalue weighted by Crippen LogP contribution is -2.23. The summed E-state index contributed by atoms with van der Waals surface area (Å²) >= 11 is 0. The maximum atomic E-state index is 13.4. The van der Waals surface area contributed by atoms with Gasteiger partial charge in [0.25, 0.3) is 5.91 Å². The Bertz CT molecular complexity index is 613. The second-order valence-corrected chi connectivity index (χ2v) is 4.77. The number of nitrogens with zero attached hydrogens (tertiary/aromatic N) is 3. The maximum absolute atomic E-state index is 13.4. The molecular weight excluding hydrogens is 271 g/mol. The van der Waals surface area contributed by atoms with Gasteiger partial charge in [-0.25, -0.2) is 4.39 Å². The molecular formula is C15H17FN4O. The van der Waals surface area contributed by atoms with Crippen LogP contribution in [0.15, 0.2) is 36.4 Å². The van der Waals surface area contributed by atoms with Crippen molar-refractivity contribution in [1.29, 1.82) is 0 Å². The number of anilines is 1. The summed E-state index contributed by atoms with van der Waals surface area (Å²) in [5, 5.41) is 10.8. The number of hydrogen-bond donors (Lipinski definition) is 1. The number of carbonyl (C=O) groups is 1. The third-order valence-electron chi connectivity index (χ3n) is 2.95. The Kier molecular flexibility index (Phi) is 4.81. The molecule has 0 atom stereocenters. The highest BCUT2D eigenvalue weighted by Crippen LogP contribution is 2.08. The Morgan fingerprint density at radius 2 is 1.95 bits per heavy atom. The van der Waals surface area contributed by atoms with Gasteiger partial charge in [0.15, 0.2) is 5.69 Å².